The highest BCUT2D eigenvalue weighted by Gasteiger charge is 2.21. The minimum absolute atomic E-state index is 0.0174. The van der Waals surface area contributed by atoms with Crippen LogP contribution in [0.15, 0.2) is 29.4 Å². The van der Waals surface area contributed by atoms with Crippen LogP contribution in [0.3, 0.4) is 0 Å². The molecule has 0 aliphatic carbocycles. The lowest BCUT2D eigenvalue weighted by atomic mass is 10.2. The number of carbonyl (C=O) groups excluding carboxylic acids is 3. The highest BCUT2D eigenvalue weighted by Crippen LogP contribution is 2.23. The number of aromatic nitrogens is 1. The quantitative estimate of drug-likeness (QED) is 0.256. The smallest absolute Gasteiger partial charge is 0.350 e. The highest BCUT2D eigenvalue weighted by atomic mass is 32.1. The maximum absolute atomic E-state index is 12.4. The van der Waals surface area contributed by atoms with Crippen LogP contribution < -0.4 is 10.7 Å². The zero-order valence-corrected chi connectivity index (χ0v) is 16.6. The number of benzene rings is 1. The molecule has 1 aromatic carbocycles. The van der Waals surface area contributed by atoms with Gasteiger partial charge >= 0.3 is 11.9 Å². The van der Waals surface area contributed by atoms with Crippen LogP contribution in [0.2, 0.25) is 0 Å². The van der Waals surface area contributed by atoms with E-state index in [-0.39, 0.29) is 27.9 Å². The number of hydrazone groups is 1. The number of nitrogens with one attached hydrogen (secondary N) is 2. The van der Waals surface area contributed by atoms with Crippen molar-refractivity contribution in [3.8, 4) is 0 Å². The van der Waals surface area contributed by atoms with Gasteiger partial charge in [0.05, 0.1) is 23.6 Å². The number of carbonyl (C=O) groups is 4. The van der Waals surface area contributed by atoms with Gasteiger partial charge in [-0.2, -0.15) is 5.10 Å². The zero-order valence-electron chi connectivity index (χ0n) is 15.8. The van der Waals surface area contributed by atoms with Crippen molar-refractivity contribution in [1.82, 2.24) is 4.98 Å². The molecule has 29 heavy (non-hydrogen) atoms. The first-order valence-electron chi connectivity index (χ1n) is 8.36. The predicted molar refractivity (Wildman–Crippen MR) is 107 cm³/mol. The number of anilines is 2. The zero-order chi connectivity index (χ0) is 21.6. The molecule has 1 heterocycles. The molecule has 0 fully saturated rings. The van der Waals surface area contributed by atoms with E-state index in [0.29, 0.717) is 5.69 Å². The predicted octanol–water partition coefficient (Wildman–Crippen LogP) is 2.32. The van der Waals surface area contributed by atoms with Crippen molar-refractivity contribution in [2.24, 2.45) is 5.10 Å². The Kier molecular flexibility index (Phi) is 7.15. The minimum Gasteiger partial charge on any atom is -0.478 e. The van der Waals surface area contributed by atoms with Gasteiger partial charge in [0, 0.05) is 6.92 Å². The third-order valence-electron chi connectivity index (χ3n) is 3.43. The second kappa shape index (κ2) is 9.55. The Hall–Kier alpha value is -3.60. The van der Waals surface area contributed by atoms with Crippen molar-refractivity contribution >= 4 is 51.5 Å². The van der Waals surface area contributed by atoms with Crippen LogP contribution in [0.25, 0.3) is 0 Å². The Balaban J connectivity index is 2.18. The highest BCUT2D eigenvalue weighted by molar-refractivity contribution is 7.17. The van der Waals surface area contributed by atoms with E-state index in [1.807, 2.05) is 0 Å². The average Bonchev–Trinajstić information content (AvgIpc) is 3.02. The van der Waals surface area contributed by atoms with E-state index in [1.54, 1.807) is 13.8 Å². The molecule has 0 unspecified atom stereocenters. The first-order chi connectivity index (χ1) is 13.7. The number of thiazole rings is 1. The largest absolute Gasteiger partial charge is 0.478 e. The maximum Gasteiger partial charge on any atom is 0.350 e. The van der Waals surface area contributed by atoms with Crippen LogP contribution in [0, 0.1) is 6.92 Å². The topological polar surface area (TPSA) is 147 Å². The monoisotopic (exact) mass is 418 g/mol. The van der Waals surface area contributed by atoms with Crippen molar-refractivity contribution in [2.75, 3.05) is 17.3 Å². The van der Waals surface area contributed by atoms with E-state index >= 15 is 0 Å². The van der Waals surface area contributed by atoms with Crippen LogP contribution in [0.1, 0.15) is 39.6 Å². The molecule has 0 atom stereocenters. The van der Waals surface area contributed by atoms with E-state index in [1.165, 1.54) is 24.3 Å². The van der Waals surface area contributed by atoms with Gasteiger partial charge in [-0.15, -0.1) is 0 Å². The summed E-state index contributed by atoms with van der Waals surface area (Å²) in [5.41, 5.74) is 2.73. The molecule has 11 heteroatoms. The van der Waals surface area contributed by atoms with Crippen LogP contribution >= 0.6 is 11.3 Å². The average molecular weight is 418 g/mol. The summed E-state index contributed by atoms with van der Waals surface area (Å²) in [7, 11) is 0. The van der Waals surface area contributed by atoms with Gasteiger partial charge in [0.15, 0.2) is 16.6 Å². The summed E-state index contributed by atoms with van der Waals surface area (Å²) in [6.45, 7) is 4.62. The SMILES string of the molecule is CCOC(=O)c1sc(NC(=O)/C(=N/Nc2cccc(C(=O)O)c2)C(C)=O)nc1C. The third-order valence-corrected chi connectivity index (χ3v) is 4.49. The second-order valence-electron chi connectivity index (χ2n) is 5.62. The Morgan fingerprint density at radius 3 is 2.62 bits per heavy atom. The number of esters is 1. The molecule has 2 rings (SSSR count). The van der Waals surface area contributed by atoms with E-state index in [2.05, 4.69) is 20.8 Å². The van der Waals surface area contributed by atoms with Crippen molar-refractivity contribution in [2.45, 2.75) is 20.8 Å². The Morgan fingerprint density at radius 1 is 1.28 bits per heavy atom. The molecular weight excluding hydrogens is 400 g/mol. The molecule has 0 saturated heterocycles. The molecule has 152 valence electrons. The van der Waals surface area contributed by atoms with Gasteiger partial charge in [0.25, 0.3) is 5.91 Å². The molecule has 10 nitrogen and oxygen atoms in total. The van der Waals surface area contributed by atoms with E-state index in [0.717, 1.165) is 18.3 Å². The number of hydrogen-bond donors (Lipinski definition) is 3. The number of nitrogens with zero attached hydrogens (tertiary/aromatic N) is 2. The van der Waals surface area contributed by atoms with Gasteiger partial charge in [-0.3, -0.25) is 20.3 Å². The number of aryl methyl sites for hydroxylation is 1. The molecule has 1 aromatic heterocycles. The fraction of sp³-hybridized carbons (Fsp3) is 0.222. The molecule has 0 aliphatic heterocycles. The van der Waals surface area contributed by atoms with Crippen molar-refractivity contribution in [3.05, 3.63) is 40.4 Å². The summed E-state index contributed by atoms with van der Waals surface area (Å²) in [5.74, 6) is -3.13. The van der Waals surface area contributed by atoms with E-state index in [4.69, 9.17) is 9.84 Å². The van der Waals surface area contributed by atoms with E-state index < -0.39 is 29.3 Å². The molecule has 0 spiro atoms. The van der Waals surface area contributed by atoms with Crippen LogP contribution in [-0.4, -0.2) is 46.0 Å². The van der Waals surface area contributed by atoms with E-state index in [9.17, 15) is 19.2 Å². The molecule has 0 radical (unpaired) electrons. The number of carboxylic acid groups (broad SMARTS) is 1. The lowest BCUT2D eigenvalue weighted by Gasteiger charge is -2.05. The van der Waals surface area contributed by atoms with Crippen LogP contribution in [0.5, 0.6) is 0 Å². The molecule has 0 bridgehead atoms. The van der Waals surface area contributed by atoms with Gasteiger partial charge in [0.2, 0.25) is 0 Å². The number of Topliss-reactive ketones (excluding diaryl/α,β-unsaturated/α-hetero) is 1. The molecular formula is C18H18N4O6S. The standard InChI is InChI=1S/C18H18N4O6S/c1-4-28-17(27)14-9(2)19-18(29-14)20-15(24)13(10(3)23)22-21-12-7-5-6-11(8-12)16(25)26/h5-8,21H,4H2,1-3H3,(H,25,26)(H,19,20,24)/b22-13+. The Bertz CT molecular complexity index is 998. The normalized spacial score (nSPS) is 10.9. The number of ketones is 1. The van der Waals surface area contributed by atoms with Crippen molar-refractivity contribution in [3.63, 3.8) is 0 Å². The van der Waals surface area contributed by atoms with Gasteiger partial charge in [-0.1, -0.05) is 17.4 Å². The number of amides is 1. The molecule has 1 amide bonds. The van der Waals surface area contributed by atoms with Crippen LogP contribution in [0.4, 0.5) is 10.8 Å². The van der Waals surface area contributed by atoms with Gasteiger partial charge < -0.3 is 9.84 Å². The van der Waals surface area contributed by atoms with Gasteiger partial charge in [-0.25, -0.2) is 14.6 Å². The van der Waals surface area contributed by atoms with Gasteiger partial charge in [0.1, 0.15) is 4.88 Å². The first-order valence-corrected chi connectivity index (χ1v) is 9.18. The molecule has 0 aliphatic rings. The maximum atomic E-state index is 12.4. The Morgan fingerprint density at radius 2 is 2.00 bits per heavy atom. The summed E-state index contributed by atoms with van der Waals surface area (Å²) >= 11 is 0.915. The summed E-state index contributed by atoms with van der Waals surface area (Å²) in [6.07, 6.45) is 0. The summed E-state index contributed by atoms with van der Waals surface area (Å²) < 4.78 is 4.92. The summed E-state index contributed by atoms with van der Waals surface area (Å²) in [4.78, 5) is 51.4. The summed E-state index contributed by atoms with van der Waals surface area (Å²) in [6, 6.07) is 5.71. The number of aromatic carboxylic acids is 1. The van der Waals surface area contributed by atoms with Crippen LogP contribution in [-0.2, 0) is 14.3 Å². The fourth-order valence-corrected chi connectivity index (χ4v) is 2.98. The second-order valence-corrected chi connectivity index (χ2v) is 6.62. The molecule has 0 saturated carbocycles. The number of rotatable bonds is 8. The lowest BCUT2D eigenvalue weighted by Crippen LogP contribution is -2.29. The number of carboxylic acids is 1. The third kappa shape index (κ3) is 5.69. The van der Waals surface area contributed by atoms with Crippen molar-refractivity contribution < 1.29 is 29.0 Å². The first kappa shape index (κ1) is 21.7. The lowest BCUT2D eigenvalue weighted by molar-refractivity contribution is -0.114. The molecule has 3 N–H and O–H groups in total. The molecule has 2 aromatic rings. The Labute approximate surface area is 169 Å². The fourth-order valence-electron chi connectivity index (χ4n) is 2.12. The number of ether oxygens (including phenoxy) is 1. The number of hydrogen-bond acceptors (Lipinski definition) is 9. The van der Waals surface area contributed by atoms with Crippen molar-refractivity contribution in [1.29, 1.82) is 0 Å². The van der Waals surface area contributed by atoms with Gasteiger partial charge in [-0.05, 0) is 32.0 Å². The summed E-state index contributed by atoms with van der Waals surface area (Å²) in [5, 5.41) is 15.3. The minimum atomic E-state index is -1.13.